The number of hydrogen-bond acceptors (Lipinski definition) is 5. The fraction of sp³-hybridized carbons (Fsp3) is 0.467. The maximum atomic E-state index is 5.66. The molecule has 0 bridgehead atoms. The monoisotopic (exact) mass is 275 g/mol. The molecule has 5 nitrogen and oxygen atoms in total. The topological polar surface area (TPSA) is 60.2 Å². The van der Waals surface area contributed by atoms with E-state index in [1.807, 2.05) is 19.1 Å². The maximum absolute atomic E-state index is 5.66. The minimum atomic E-state index is 0.377. The molecule has 0 saturated heterocycles. The number of likely N-dealkylation sites (N-methyl/N-ethyl adjacent to an activating group) is 1. The Hall–Kier alpha value is -1.88. The first-order valence-electron chi connectivity index (χ1n) is 6.92. The molecule has 0 fully saturated rings. The van der Waals surface area contributed by atoms with E-state index in [1.54, 1.807) is 0 Å². The lowest BCUT2D eigenvalue weighted by Gasteiger charge is -2.12. The van der Waals surface area contributed by atoms with Crippen LogP contribution in [-0.4, -0.2) is 22.9 Å². The van der Waals surface area contributed by atoms with Crippen LogP contribution in [0, 0.1) is 6.92 Å². The summed E-state index contributed by atoms with van der Waals surface area (Å²) in [5.41, 5.74) is 2.79. The molecular formula is C15H21N3O2. The summed E-state index contributed by atoms with van der Waals surface area (Å²) in [5, 5.41) is 10.9. The number of aromatic nitrogens is 2. The minimum Gasteiger partial charge on any atom is -0.487 e. The Kier molecular flexibility index (Phi) is 5.12. The Morgan fingerprint density at radius 2 is 2.00 bits per heavy atom. The van der Waals surface area contributed by atoms with Crippen molar-refractivity contribution in [2.24, 2.45) is 0 Å². The van der Waals surface area contributed by atoms with E-state index in [4.69, 9.17) is 4.74 Å². The smallest absolute Gasteiger partial charge is 0.145 e. The number of hydrogen-bond donors (Lipinski definition) is 1. The van der Waals surface area contributed by atoms with Gasteiger partial charge in [-0.15, -0.1) is 0 Å². The summed E-state index contributed by atoms with van der Waals surface area (Å²) in [5.74, 6) is 0.826. The molecule has 0 aliphatic heterocycles. The SMILES string of the molecule is CCNC(C)Cc1ccc(OCc2nonc2C)cc1. The van der Waals surface area contributed by atoms with Crippen molar-refractivity contribution in [3.8, 4) is 5.75 Å². The van der Waals surface area contributed by atoms with E-state index in [9.17, 15) is 0 Å². The highest BCUT2D eigenvalue weighted by molar-refractivity contribution is 5.28. The molecule has 108 valence electrons. The predicted octanol–water partition coefficient (Wildman–Crippen LogP) is 2.50. The van der Waals surface area contributed by atoms with Gasteiger partial charge in [0.25, 0.3) is 0 Å². The maximum Gasteiger partial charge on any atom is 0.145 e. The van der Waals surface area contributed by atoms with Gasteiger partial charge in [-0.1, -0.05) is 29.4 Å². The molecule has 20 heavy (non-hydrogen) atoms. The molecule has 1 aromatic heterocycles. The van der Waals surface area contributed by atoms with Crippen molar-refractivity contribution in [1.82, 2.24) is 15.6 Å². The van der Waals surface area contributed by atoms with Gasteiger partial charge in [-0.3, -0.25) is 0 Å². The van der Waals surface area contributed by atoms with Crippen LogP contribution >= 0.6 is 0 Å². The van der Waals surface area contributed by atoms with E-state index < -0.39 is 0 Å². The van der Waals surface area contributed by atoms with Crippen LogP contribution in [0.1, 0.15) is 30.8 Å². The second kappa shape index (κ2) is 7.05. The number of ether oxygens (including phenoxy) is 1. The summed E-state index contributed by atoms with van der Waals surface area (Å²) in [6, 6.07) is 8.64. The Bertz CT molecular complexity index is 522. The average molecular weight is 275 g/mol. The summed E-state index contributed by atoms with van der Waals surface area (Å²) in [6.45, 7) is 7.53. The van der Waals surface area contributed by atoms with Crippen LogP contribution in [0.25, 0.3) is 0 Å². The molecule has 1 atom stereocenters. The van der Waals surface area contributed by atoms with Crippen molar-refractivity contribution in [3.63, 3.8) is 0 Å². The number of nitrogens with one attached hydrogen (secondary N) is 1. The van der Waals surface area contributed by atoms with E-state index in [2.05, 4.69) is 46.2 Å². The molecule has 0 radical (unpaired) electrons. The van der Waals surface area contributed by atoms with Crippen LogP contribution in [0.15, 0.2) is 28.9 Å². The number of rotatable bonds is 7. The fourth-order valence-electron chi connectivity index (χ4n) is 2.03. The van der Waals surface area contributed by atoms with Crippen LogP contribution in [0.4, 0.5) is 0 Å². The van der Waals surface area contributed by atoms with Gasteiger partial charge in [0.15, 0.2) is 0 Å². The Balaban J connectivity index is 1.87. The Morgan fingerprint density at radius 3 is 2.60 bits per heavy atom. The minimum absolute atomic E-state index is 0.377. The lowest BCUT2D eigenvalue weighted by atomic mass is 10.1. The third-order valence-corrected chi connectivity index (χ3v) is 3.14. The fourth-order valence-corrected chi connectivity index (χ4v) is 2.03. The average Bonchev–Trinajstić information content (AvgIpc) is 2.84. The molecule has 0 saturated carbocycles. The highest BCUT2D eigenvalue weighted by Crippen LogP contribution is 2.15. The number of nitrogens with zero attached hydrogens (tertiary/aromatic N) is 2. The molecule has 2 aromatic rings. The van der Waals surface area contributed by atoms with Gasteiger partial charge in [-0.25, -0.2) is 4.63 Å². The quantitative estimate of drug-likeness (QED) is 0.841. The zero-order valence-electron chi connectivity index (χ0n) is 12.2. The van der Waals surface area contributed by atoms with E-state index in [1.165, 1.54) is 5.56 Å². The molecule has 0 spiro atoms. The first-order chi connectivity index (χ1) is 9.69. The van der Waals surface area contributed by atoms with Crippen LogP contribution < -0.4 is 10.1 Å². The normalized spacial score (nSPS) is 12.3. The van der Waals surface area contributed by atoms with E-state index in [0.29, 0.717) is 12.6 Å². The highest BCUT2D eigenvalue weighted by atomic mass is 16.6. The molecule has 2 rings (SSSR count). The van der Waals surface area contributed by atoms with Gasteiger partial charge in [0.1, 0.15) is 23.7 Å². The third-order valence-electron chi connectivity index (χ3n) is 3.14. The highest BCUT2D eigenvalue weighted by Gasteiger charge is 2.06. The largest absolute Gasteiger partial charge is 0.487 e. The molecular weight excluding hydrogens is 254 g/mol. The lowest BCUT2D eigenvalue weighted by molar-refractivity contribution is 0.270. The molecule has 1 heterocycles. The van der Waals surface area contributed by atoms with Crippen molar-refractivity contribution >= 4 is 0 Å². The van der Waals surface area contributed by atoms with E-state index in [-0.39, 0.29) is 0 Å². The predicted molar refractivity (Wildman–Crippen MR) is 76.7 cm³/mol. The van der Waals surface area contributed by atoms with Crippen LogP contribution in [0.2, 0.25) is 0 Å². The van der Waals surface area contributed by atoms with Gasteiger partial charge in [0, 0.05) is 6.04 Å². The zero-order valence-corrected chi connectivity index (χ0v) is 12.2. The molecule has 0 aliphatic carbocycles. The Labute approximate surface area is 119 Å². The molecule has 1 unspecified atom stereocenters. The van der Waals surface area contributed by atoms with Crippen molar-refractivity contribution in [2.45, 2.75) is 39.8 Å². The van der Waals surface area contributed by atoms with E-state index >= 15 is 0 Å². The summed E-state index contributed by atoms with van der Waals surface area (Å²) < 4.78 is 10.3. The van der Waals surface area contributed by atoms with Gasteiger partial charge < -0.3 is 10.1 Å². The van der Waals surface area contributed by atoms with Crippen LogP contribution in [-0.2, 0) is 13.0 Å². The first-order valence-corrected chi connectivity index (χ1v) is 6.92. The number of aryl methyl sites for hydroxylation is 1. The lowest BCUT2D eigenvalue weighted by Crippen LogP contribution is -2.27. The second-order valence-corrected chi connectivity index (χ2v) is 4.89. The zero-order chi connectivity index (χ0) is 14.4. The molecule has 1 N–H and O–H groups in total. The molecule has 5 heteroatoms. The van der Waals surface area contributed by atoms with Crippen LogP contribution in [0.3, 0.4) is 0 Å². The van der Waals surface area contributed by atoms with Crippen molar-refractivity contribution in [2.75, 3.05) is 6.54 Å². The summed E-state index contributed by atoms with van der Waals surface area (Å²) >= 11 is 0. The van der Waals surface area contributed by atoms with Gasteiger partial charge in [-0.2, -0.15) is 0 Å². The van der Waals surface area contributed by atoms with Crippen molar-refractivity contribution in [1.29, 1.82) is 0 Å². The summed E-state index contributed by atoms with van der Waals surface area (Å²) in [4.78, 5) is 0. The first kappa shape index (κ1) is 14.5. The van der Waals surface area contributed by atoms with Crippen molar-refractivity contribution < 1.29 is 9.37 Å². The summed E-state index contributed by atoms with van der Waals surface area (Å²) in [6.07, 6.45) is 1.01. The standard InChI is InChI=1S/C15H21N3O2/c1-4-16-11(2)9-13-5-7-14(8-6-13)19-10-15-12(3)17-20-18-15/h5-8,11,16H,4,9-10H2,1-3H3. The molecule has 1 aromatic carbocycles. The van der Waals surface area contributed by atoms with Gasteiger partial charge in [0.05, 0.1) is 0 Å². The van der Waals surface area contributed by atoms with Gasteiger partial charge >= 0.3 is 0 Å². The van der Waals surface area contributed by atoms with Gasteiger partial charge in [-0.05, 0) is 44.5 Å². The second-order valence-electron chi connectivity index (χ2n) is 4.89. The van der Waals surface area contributed by atoms with Gasteiger partial charge in [0.2, 0.25) is 0 Å². The van der Waals surface area contributed by atoms with Crippen molar-refractivity contribution in [3.05, 3.63) is 41.2 Å². The summed E-state index contributed by atoms with van der Waals surface area (Å²) in [7, 11) is 0. The Morgan fingerprint density at radius 1 is 1.25 bits per heavy atom. The molecule has 0 amide bonds. The third kappa shape index (κ3) is 4.06. The van der Waals surface area contributed by atoms with E-state index in [0.717, 1.165) is 30.1 Å². The molecule has 0 aliphatic rings. The number of benzene rings is 1. The van der Waals surface area contributed by atoms with Crippen LogP contribution in [0.5, 0.6) is 5.75 Å².